The third-order valence-corrected chi connectivity index (χ3v) is 5.28. The van der Waals surface area contributed by atoms with E-state index >= 15 is 0 Å². The molecule has 0 aliphatic carbocycles. The Bertz CT molecular complexity index is 851. The normalized spacial score (nSPS) is 14.8. The molecule has 6 nitrogen and oxygen atoms in total. The molecule has 2 N–H and O–H groups in total. The molecule has 150 valence electrons. The van der Waals surface area contributed by atoms with E-state index in [1.54, 1.807) is 6.92 Å². The fourth-order valence-corrected chi connectivity index (χ4v) is 3.85. The van der Waals surface area contributed by atoms with Crippen LogP contribution in [0.4, 0.5) is 0 Å². The second-order valence-electron chi connectivity index (χ2n) is 7.23. The first-order valence-corrected chi connectivity index (χ1v) is 9.88. The van der Waals surface area contributed by atoms with Crippen LogP contribution < -0.4 is 5.32 Å². The highest BCUT2D eigenvalue weighted by atomic mass is 16.5. The summed E-state index contributed by atoms with van der Waals surface area (Å²) >= 11 is 0. The number of morpholine rings is 1. The van der Waals surface area contributed by atoms with Crippen molar-refractivity contribution in [3.05, 3.63) is 57.9 Å². The van der Waals surface area contributed by atoms with Gasteiger partial charge in [0, 0.05) is 37.4 Å². The number of benzene rings is 1. The molecule has 2 heterocycles. The summed E-state index contributed by atoms with van der Waals surface area (Å²) in [5.74, 6) is -0.186. The molecular weight excluding hydrogens is 354 g/mol. The number of ether oxygens (including phenoxy) is 1. The summed E-state index contributed by atoms with van der Waals surface area (Å²) in [4.78, 5) is 30.2. The molecule has 0 spiro atoms. The van der Waals surface area contributed by atoms with Gasteiger partial charge in [-0.05, 0) is 37.0 Å². The van der Waals surface area contributed by atoms with E-state index in [2.05, 4.69) is 27.3 Å². The molecule has 0 saturated carbocycles. The van der Waals surface area contributed by atoms with E-state index in [9.17, 15) is 9.59 Å². The fourth-order valence-electron chi connectivity index (χ4n) is 3.85. The molecule has 1 aromatic heterocycles. The van der Waals surface area contributed by atoms with Gasteiger partial charge in [-0.15, -0.1) is 0 Å². The molecule has 28 heavy (non-hydrogen) atoms. The van der Waals surface area contributed by atoms with Crippen molar-refractivity contribution in [3.63, 3.8) is 0 Å². The molecule has 2 aromatic rings. The third-order valence-electron chi connectivity index (χ3n) is 5.28. The van der Waals surface area contributed by atoms with Gasteiger partial charge in [0.2, 0.25) is 0 Å². The van der Waals surface area contributed by atoms with Crippen LogP contribution in [0.25, 0.3) is 0 Å². The molecule has 0 atom stereocenters. The van der Waals surface area contributed by atoms with Crippen LogP contribution >= 0.6 is 0 Å². The molecule has 1 amide bonds. The maximum absolute atomic E-state index is 12.8. The monoisotopic (exact) mass is 383 g/mol. The summed E-state index contributed by atoms with van der Waals surface area (Å²) in [6, 6.07) is 8.19. The van der Waals surface area contributed by atoms with Crippen LogP contribution in [-0.2, 0) is 24.2 Å². The van der Waals surface area contributed by atoms with E-state index in [0.717, 1.165) is 49.7 Å². The van der Waals surface area contributed by atoms with Crippen molar-refractivity contribution in [1.29, 1.82) is 0 Å². The van der Waals surface area contributed by atoms with E-state index < -0.39 is 0 Å². The Balaban J connectivity index is 1.72. The second kappa shape index (κ2) is 9.17. The average molecular weight is 383 g/mol. The Hall–Kier alpha value is -2.44. The molecule has 3 rings (SSSR count). The zero-order chi connectivity index (χ0) is 20.1. The maximum atomic E-state index is 12.8. The highest BCUT2D eigenvalue weighted by Gasteiger charge is 2.21. The number of hydrogen-bond acceptors (Lipinski definition) is 4. The Labute approximate surface area is 166 Å². The lowest BCUT2D eigenvalue weighted by atomic mass is 10.0. The average Bonchev–Trinajstić information content (AvgIpc) is 3.04. The number of ketones is 1. The molecule has 0 radical (unpaired) electrons. The SMILES string of the molecule is CCc1c(C(=O)NCc2ccccc2CN2CCOCC2)[nH]c(C)c1C(C)=O. The number of aryl methyl sites for hydroxylation is 1. The van der Waals surface area contributed by atoms with E-state index in [-0.39, 0.29) is 11.7 Å². The van der Waals surface area contributed by atoms with Gasteiger partial charge < -0.3 is 15.0 Å². The first-order chi connectivity index (χ1) is 13.5. The first kappa shape index (κ1) is 20.3. The van der Waals surface area contributed by atoms with Gasteiger partial charge in [0.05, 0.1) is 13.2 Å². The van der Waals surface area contributed by atoms with E-state index in [0.29, 0.717) is 24.2 Å². The van der Waals surface area contributed by atoms with Crippen molar-refractivity contribution in [3.8, 4) is 0 Å². The van der Waals surface area contributed by atoms with E-state index in [4.69, 9.17) is 4.74 Å². The summed E-state index contributed by atoms with van der Waals surface area (Å²) in [5, 5.41) is 3.02. The number of aromatic nitrogens is 1. The number of Topliss-reactive ketones (excluding diaryl/α,β-unsaturated/α-hetero) is 1. The first-order valence-electron chi connectivity index (χ1n) is 9.88. The quantitative estimate of drug-likeness (QED) is 0.721. The lowest BCUT2D eigenvalue weighted by Gasteiger charge is -2.27. The molecule has 6 heteroatoms. The second-order valence-corrected chi connectivity index (χ2v) is 7.23. The number of aromatic amines is 1. The molecule has 1 saturated heterocycles. The van der Waals surface area contributed by atoms with Crippen molar-refractivity contribution >= 4 is 11.7 Å². The summed E-state index contributed by atoms with van der Waals surface area (Å²) in [7, 11) is 0. The van der Waals surface area contributed by atoms with Crippen LogP contribution in [0.1, 0.15) is 57.1 Å². The molecule has 1 aliphatic rings. The zero-order valence-electron chi connectivity index (χ0n) is 16.9. The van der Waals surface area contributed by atoms with Crippen LogP contribution in [0.3, 0.4) is 0 Å². The molecule has 0 bridgehead atoms. The summed E-state index contributed by atoms with van der Waals surface area (Å²) in [6.45, 7) is 10.0. The van der Waals surface area contributed by atoms with Gasteiger partial charge in [0.25, 0.3) is 5.91 Å². The number of carbonyl (C=O) groups excluding carboxylic acids is 2. The minimum Gasteiger partial charge on any atom is -0.379 e. The zero-order valence-corrected chi connectivity index (χ0v) is 16.9. The summed E-state index contributed by atoms with van der Waals surface area (Å²) in [6.07, 6.45) is 0.635. The van der Waals surface area contributed by atoms with Crippen molar-refractivity contribution in [2.45, 2.75) is 40.3 Å². The van der Waals surface area contributed by atoms with Crippen molar-refractivity contribution in [2.75, 3.05) is 26.3 Å². The Morgan fingerprint density at radius 1 is 1.18 bits per heavy atom. The minimum absolute atomic E-state index is 0.0134. The van der Waals surface area contributed by atoms with Gasteiger partial charge >= 0.3 is 0 Å². The Kier molecular flexibility index (Phi) is 6.65. The topological polar surface area (TPSA) is 74.4 Å². The molecule has 1 aliphatic heterocycles. The van der Waals surface area contributed by atoms with E-state index in [1.807, 2.05) is 26.0 Å². The predicted molar refractivity (Wildman–Crippen MR) is 109 cm³/mol. The van der Waals surface area contributed by atoms with Crippen LogP contribution in [0.5, 0.6) is 0 Å². The van der Waals surface area contributed by atoms with Gasteiger partial charge in [-0.2, -0.15) is 0 Å². The van der Waals surface area contributed by atoms with Crippen molar-refractivity contribution < 1.29 is 14.3 Å². The number of hydrogen-bond donors (Lipinski definition) is 2. The lowest BCUT2D eigenvalue weighted by Crippen LogP contribution is -2.36. The number of rotatable bonds is 7. The maximum Gasteiger partial charge on any atom is 0.268 e. The standard InChI is InChI=1S/C22H29N3O3/c1-4-19-20(16(3)26)15(2)24-21(19)22(27)23-13-17-7-5-6-8-18(17)14-25-9-11-28-12-10-25/h5-8,24H,4,9-14H2,1-3H3,(H,23,27). The number of H-pyrrole nitrogens is 1. The third kappa shape index (κ3) is 4.51. The molecular formula is C22H29N3O3. The van der Waals surface area contributed by atoms with Gasteiger partial charge in [-0.25, -0.2) is 0 Å². The highest BCUT2D eigenvalue weighted by Crippen LogP contribution is 2.21. The van der Waals surface area contributed by atoms with Crippen molar-refractivity contribution in [2.24, 2.45) is 0 Å². The Morgan fingerprint density at radius 3 is 2.50 bits per heavy atom. The van der Waals surface area contributed by atoms with Gasteiger partial charge in [-0.1, -0.05) is 31.2 Å². The van der Waals surface area contributed by atoms with Gasteiger partial charge in [0.15, 0.2) is 5.78 Å². The molecule has 1 fully saturated rings. The molecule has 0 unspecified atom stereocenters. The van der Waals surface area contributed by atoms with Gasteiger partial charge in [-0.3, -0.25) is 14.5 Å². The molecule has 1 aromatic carbocycles. The van der Waals surface area contributed by atoms with Crippen LogP contribution in [0.15, 0.2) is 24.3 Å². The summed E-state index contributed by atoms with van der Waals surface area (Å²) in [5.41, 5.74) is 5.01. The van der Waals surface area contributed by atoms with Crippen LogP contribution in [0.2, 0.25) is 0 Å². The Morgan fingerprint density at radius 2 is 1.86 bits per heavy atom. The fraction of sp³-hybridized carbons (Fsp3) is 0.455. The summed E-state index contributed by atoms with van der Waals surface area (Å²) < 4.78 is 5.42. The lowest BCUT2D eigenvalue weighted by molar-refractivity contribution is 0.0340. The van der Waals surface area contributed by atoms with Crippen LogP contribution in [0, 0.1) is 6.92 Å². The number of amides is 1. The van der Waals surface area contributed by atoms with Gasteiger partial charge in [0.1, 0.15) is 5.69 Å². The predicted octanol–water partition coefficient (Wildman–Crippen LogP) is 2.85. The number of nitrogens with zero attached hydrogens (tertiary/aromatic N) is 1. The number of nitrogens with one attached hydrogen (secondary N) is 2. The number of carbonyl (C=O) groups is 2. The largest absolute Gasteiger partial charge is 0.379 e. The van der Waals surface area contributed by atoms with E-state index in [1.165, 1.54) is 5.56 Å². The van der Waals surface area contributed by atoms with Crippen LogP contribution in [-0.4, -0.2) is 47.9 Å². The highest BCUT2D eigenvalue weighted by molar-refractivity contribution is 6.02. The van der Waals surface area contributed by atoms with Crippen molar-refractivity contribution in [1.82, 2.24) is 15.2 Å². The minimum atomic E-state index is -0.173. The smallest absolute Gasteiger partial charge is 0.268 e.